The number of pyridine rings is 1. The average Bonchev–Trinajstić information content (AvgIpc) is 2.73. The molecule has 0 aliphatic carbocycles. The van der Waals surface area contributed by atoms with E-state index in [2.05, 4.69) is 23.7 Å². The van der Waals surface area contributed by atoms with Crippen LogP contribution in [0.3, 0.4) is 0 Å². The average molecular weight is 333 g/mol. The maximum atomic E-state index is 12.3. The molecule has 6 nitrogen and oxygen atoms in total. The second-order valence-electron chi connectivity index (χ2n) is 7.40. The van der Waals surface area contributed by atoms with Gasteiger partial charge in [0.1, 0.15) is 17.0 Å². The maximum Gasteiger partial charge on any atom is 0.343 e. The van der Waals surface area contributed by atoms with Crippen LogP contribution < -0.4 is 4.90 Å². The summed E-state index contributed by atoms with van der Waals surface area (Å²) in [6, 6.07) is 1.88. The molecule has 0 saturated carbocycles. The van der Waals surface area contributed by atoms with Gasteiger partial charge in [0, 0.05) is 45.0 Å². The summed E-state index contributed by atoms with van der Waals surface area (Å²) >= 11 is 0. The van der Waals surface area contributed by atoms with Crippen LogP contribution in [0, 0.1) is 0 Å². The number of nitrogens with zero attached hydrogens (tertiary/aromatic N) is 3. The number of esters is 1. The minimum Gasteiger partial charge on any atom is -0.451 e. The Labute approximate surface area is 143 Å². The van der Waals surface area contributed by atoms with E-state index < -0.39 is 5.60 Å². The van der Waals surface area contributed by atoms with Crippen molar-refractivity contribution in [2.75, 3.05) is 38.1 Å². The number of hydrogen-bond acceptors (Lipinski definition) is 6. The van der Waals surface area contributed by atoms with Crippen LogP contribution in [0.25, 0.3) is 0 Å². The molecule has 3 rings (SSSR count). The first-order valence-corrected chi connectivity index (χ1v) is 8.59. The minimum absolute atomic E-state index is 0.258. The molecule has 0 bridgehead atoms. The molecule has 0 unspecified atom stereocenters. The zero-order valence-electron chi connectivity index (χ0n) is 15.2. The summed E-state index contributed by atoms with van der Waals surface area (Å²) in [5.74, 6) is 0.427. The van der Waals surface area contributed by atoms with Crippen molar-refractivity contribution in [1.29, 1.82) is 0 Å². The van der Waals surface area contributed by atoms with E-state index in [9.17, 15) is 4.79 Å². The van der Waals surface area contributed by atoms with Gasteiger partial charge >= 0.3 is 5.97 Å². The van der Waals surface area contributed by atoms with Gasteiger partial charge in [0.15, 0.2) is 0 Å². The Morgan fingerprint density at radius 2 is 2.00 bits per heavy atom. The number of anilines is 1. The van der Waals surface area contributed by atoms with Crippen LogP contribution in [0.1, 0.15) is 43.6 Å². The highest BCUT2D eigenvalue weighted by molar-refractivity contribution is 5.99. The number of likely N-dealkylation sites (N-methyl/N-ethyl adjacent to an activating group) is 1. The Balaban J connectivity index is 1.72. The molecule has 2 aliphatic heterocycles. The first-order chi connectivity index (χ1) is 11.3. The molecule has 132 valence electrons. The summed E-state index contributed by atoms with van der Waals surface area (Å²) < 4.78 is 11.3. The molecule has 3 heterocycles. The standard InChI is InChI=1S/C18H27N3O3/c1-12-10-21(11-13(2)23-12)9-8-20(5)16-15-14(6-7-19-16)18(3,4)24-17(15)22/h6-7,12-13H,8-11H2,1-5H3/t12-,13+. The molecule has 2 aliphatic rings. The molecule has 1 saturated heterocycles. The van der Waals surface area contributed by atoms with Crippen molar-refractivity contribution < 1.29 is 14.3 Å². The molecule has 2 atom stereocenters. The van der Waals surface area contributed by atoms with Crippen molar-refractivity contribution in [3.63, 3.8) is 0 Å². The third-order valence-corrected chi connectivity index (χ3v) is 4.74. The highest BCUT2D eigenvalue weighted by atomic mass is 16.6. The van der Waals surface area contributed by atoms with Crippen LogP contribution in [0.2, 0.25) is 0 Å². The largest absolute Gasteiger partial charge is 0.451 e. The smallest absolute Gasteiger partial charge is 0.343 e. The van der Waals surface area contributed by atoms with Crippen molar-refractivity contribution in [1.82, 2.24) is 9.88 Å². The fraction of sp³-hybridized carbons (Fsp3) is 0.667. The predicted octanol–water partition coefficient (Wildman–Crippen LogP) is 2.03. The summed E-state index contributed by atoms with van der Waals surface area (Å²) in [6.45, 7) is 11.6. The number of cyclic esters (lactones) is 1. The number of aromatic nitrogens is 1. The molecule has 1 aromatic rings. The van der Waals surface area contributed by atoms with E-state index in [0.29, 0.717) is 11.4 Å². The molecular weight excluding hydrogens is 306 g/mol. The lowest BCUT2D eigenvalue weighted by Crippen LogP contribution is -2.47. The van der Waals surface area contributed by atoms with E-state index >= 15 is 0 Å². The number of ether oxygens (including phenoxy) is 2. The summed E-state index contributed by atoms with van der Waals surface area (Å²) in [4.78, 5) is 21.2. The summed E-state index contributed by atoms with van der Waals surface area (Å²) in [6.07, 6.45) is 2.27. The van der Waals surface area contributed by atoms with Crippen molar-refractivity contribution >= 4 is 11.8 Å². The zero-order chi connectivity index (χ0) is 17.5. The molecule has 0 N–H and O–H groups in total. The number of morpholine rings is 1. The second-order valence-corrected chi connectivity index (χ2v) is 7.40. The first-order valence-electron chi connectivity index (χ1n) is 8.59. The minimum atomic E-state index is -0.583. The van der Waals surface area contributed by atoms with Gasteiger partial charge in [-0.2, -0.15) is 0 Å². The highest BCUT2D eigenvalue weighted by Crippen LogP contribution is 2.39. The van der Waals surface area contributed by atoms with Gasteiger partial charge in [0.25, 0.3) is 0 Å². The van der Waals surface area contributed by atoms with Gasteiger partial charge in [-0.3, -0.25) is 4.90 Å². The van der Waals surface area contributed by atoms with E-state index in [1.165, 1.54) is 0 Å². The topological polar surface area (TPSA) is 54.9 Å². The van der Waals surface area contributed by atoms with Gasteiger partial charge in [-0.1, -0.05) is 0 Å². The number of fused-ring (bicyclic) bond motifs is 1. The molecule has 1 aromatic heterocycles. The third kappa shape index (κ3) is 3.26. The maximum absolute atomic E-state index is 12.3. The lowest BCUT2D eigenvalue weighted by Gasteiger charge is -2.36. The van der Waals surface area contributed by atoms with Crippen molar-refractivity contribution in [2.45, 2.75) is 45.5 Å². The van der Waals surface area contributed by atoms with Gasteiger partial charge < -0.3 is 14.4 Å². The Kier molecular flexibility index (Phi) is 4.53. The van der Waals surface area contributed by atoms with E-state index in [0.717, 1.165) is 31.7 Å². The third-order valence-electron chi connectivity index (χ3n) is 4.74. The fourth-order valence-electron chi connectivity index (χ4n) is 3.65. The van der Waals surface area contributed by atoms with Gasteiger partial charge in [-0.25, -0.2) is 9.78 Å². The quantitative estimate of drug-likeness (QED) is 0.786. The van der Waals surface area contributed by atoms with E-state index in [1.807, 2.05) is 31.9 Å². The SMILES string of the molecule is C[C@@H]1CN(CCN(C)c2nccc3c2C(=O)OC3(C)C)C[C@H](C)O1. The molecule has 0 spiro atoms. The highest BCUT2D eigenvalue weighted by Gasteiger charge is 2.40. The van der Waals surface area contributed by atoms with Gasteiger partial charge in [-0.05, 0) is 33.8 Å². The number of rotatable bonds is 4. The van der Waals surface area contributed by atoms with E-state index in [1.54, 1.807) is 6.20 Å². The molecule has 24 heavy (non-hydrogen) atoms. The molecule has 0 radical (unpaired) electrons. The first kappa shape index (κ1) is 17.2. The van der Waals surface area contributed by atoms with Crippen LogP contribution in [0.4, 0.5) is 5.82 Å². The molecular formula is C18H27N3O3. The zero-order valence-corrected chi connectivity index (χ0v) is 15.2. The van der Waals surface area contributed by atoms with Crippen LogP contribution in [0.15, 0.2) is 12.3 Å². The predicted molar refractivity (Wildman–Crippen MR) is 92.4 cm³/mol. The van der Waals surface area contributed by atoms with Crippen LogP contribution in [-0.4, -0.2) is 61.3 Å². The fourth-order valence-corrected chi connectivity index (χ4v) is 3.65. The molecule has 0 amide bonds. The lowest BCUT2D eigenvalue weighted by atomic mass is 9.97. The Morgan fingerprint density at radius 3 is 2.67 bits per heavy atom. The Hall–Kier alpha value is -1.66. The second kappa shape index (κ2) is 6.33. The lowest BCUT2D eigenvalue weighted by molar-refractivity contribution is -0.0670. The van der Waals surface area contributed by atoms with Gasteiger partial charge in [0.2, 0.25) is 0 Å². The van der Waals surface area contributed by atoms with E-state index in [4.69, 9.17) is 9.47 Å². The van der Waals surface area contributed by atoms with Crippen molar-refractivity contribution in [3.05, 3.63) is 23.4 Å². The number of carbonyl (C=O) groups excluding carboxylic acids is 1. The number of carbonyl (C=O) groups is 1. The van der Waals surface area contributed by atoms with Gasteiger partial charge in [0.05, 0.1) is 12.2 Å². The summed E-state index contributed by atoms with van der Waals surface area (Å²) in [5.41, 5.74) is 0.937. The van der Waals surface area contributed by atoms with Crippen LogP contribution in [0.5, 0.6) is 0 Å². The van der Waals surface area contributed by atoms with Gasteiger partial charge in [-0.15, -0.1) is 0 Å². The van der Waals surface area contributed by atoms with Crippen molar-refractivity contribution in [2.24, 2.45) is 0 Å². The molecule has 6 heteroatoms. The van der Waals surface area contributed by atoms with Crippen LogP contribution in [-0.2, 0) is 15.1 Å². The Morgan fingerprint density at radius 1 is 1.33 bits per heavy atom. The van der Waals surface area contributed by atoms with E-state index in [-0.39, 0.29) is 18.2 Å². The number of hydrogen-bond donors (Lipinski definition) is 0. The summed E-state index contributed by atoms with van der Waals surface area (Å²) in [7, 11) is 1.98. The monoisotopic (exact) mass is 333 g/mol. The summed E-state index contributed by atoms with van der Waals surface area (Å²) in [5, 5.41) is 0. The molecule has 0 aromatic carbocycles. The molecule has 1 fully saturated rings. The van der Waals surface area contributed by atoms with Crippen LogP contribution >= 0.6 is 0 Å². The van der Waals surface area contributed by atoms with Crippen molar-refractivity contribution in [3.8, 4) is 0 Å². The Bertz CT molecular complexity index is 622. The normalized spacial score (nSPS) is 26.1.